The smallest absolute Gasteiger partial charge is 0.331 e. The summed E-state index contributed by atoms with van der Waals surface area (Å²) in [5, 5.41) is 5.38. The minimum Gasteiger partial charge on any atom is -0.449 e. The monoisotopic (exact) mass is 466 g/mol. The Bertz CT molecular complexity index is 896. The Morgan fingerprint density at radius 2 is 1.03 bits per heavy atom. The molecular weight excluding hydrogens is 436 g/mol. The van der Waals surface area contributed by atoms with Gasteiger partial charge in [-0.15, -0.1) is 0 Å². The van der Waals surface area contributed by atoms with Gasteiger partial charge in [0, 0.05) is 25.2 Å². The second kappa shape index (κ2) is 14.3. The van der Waals surface area contributed by atoms with Crippen LogP contribution in [-0.2, 0) is 41.5 Å². The molecule has 2 rings (SSSR count). The molecule has 0 aromatic heterocycles. The lowest BCUT2D eigenvalue weighted by Crippen LogP contribution is -2.37. The summed E-state index contributed by atoms with van der Waals surface area (Å²) in [5.41, 5.74) is 2.15. The maximum Gasteiger partial charge on any atom is 0.331 e. The average molecular weight is 467 g/mol. The fourth-order valence-corrected chi connectivity index (χ4v) is 2.91. The minimum atomic E-state index is -1.03. The van der Waals surface area contributed by atoms with Gasteiger partial charge < -0.3 is 20.1 Å². The molecule has 2 atom stereocenters. The van der Waals surface area contributed by atoms with Gasteiger partial charge in [-0.05, 0) is 37.8 Å². The Hall–Kier alpha value is -3.94. The van der Waals surface area contributed by atoms with Crippen molar-refractivity contribution in [1.82, 2.24) is 10.6 Å². The molecule has 0 fully saturated rings. The van der Waals surface area contributed by atoms with Crippen LogP contribution < -0.4 is 10.6 Å². The predicted octanol–water partition coefficient (Wildman–Crippen LogP) is 2.12. The number of hydrogen-bond acceptors (Lipinski definition) is 6. The van der Waals surface area contributed by atoms with E-state index in [1.54, 1.807) is 0 Å². The van der Waals surface area contributed by atoms with Gasteiger partial charge in [-0.1, -0.05) is 60.7 Å². The highest BCUT2D eigenvalue weighted by molar-refractivity contribution is 5.94. The summed E-state index contributed by atoms with van der Waals surface area (Å²) in [6.07, 6.45) is 0.955. The second-order valence-electron chi connectivity index (χ2n) is 7.54. The van der Waals surface area contributed by atoms with Gasteiger partial charge >= 0.3 is 11.9 Å². The molecule has 0 radical (unpaired) electrons. The fraction of sp³-hybridized carbons (Fsp3) is 0.308. The maximum absolute atomic E-state index is 12.1. The standard InChI is InChI=1S/C26H30N2O6/c1-19(25(31)27-17-15-21-9-5-3-6-10-21)33-23(29)13-14-24(30)34-20(2)26(32)28-18-16-22-11-7-4-8-12-22/h3-14,19-20H,15-18H2,1-2H3,(H,27,31)(H,28,32)/b14-13-/t19-,20+. The maximum atomic E-state index is 12.1. The summed E-state index contributed by atoms with van der Waals surface area (Å²) in [5.74, 6) is -2.63. The number of benzene rings is 2. The van der Waals surface area contributed by atoms with Gasteiger partial charge in [0.1, 0.15) is 0 Å². The summed E-state index contributed by atoms with van der Waals surface area (Å²) in [7, 11) is 0. The van der Waals surface area contributed by atoms with Crippen LogP contribution in [0.4, 0.5) is 0 Å². The zero-order chi connectivity index (χ0) is 24.8. The van der Waals surface area contributed by atoms with Crippen molar-refractivity contribution >= 4 is 23.8 Å². The second-order valence-corrected chi connectivity index (χ2v) is 7.54. The predicted molar refractivity (Wildman–Crippen MR) is 127 cm³/mol. The summed E-state index contributed by atoms with van der Waals surface area (Å²) >= 11 is 0. The van der Waals surface area contributed by atoms with E-state index in [2.05, 4.69) is 10.6 Å². The molecule has 2 aromatic rings. The van der Waals surface area contributed by atoms with E-state index in [9.17, 15) is 19.2 Å². The lowest BCUT2D eigenvalue weighted by atomic mass is 10.1. The van der Waals surface area contributed by atoms with Crippen molar-refractivity contribution < 1.29 is 28.7 Å². The van der Waals surface area contributed by atoms with E-state index in [4.69, 9.17) is 9.47 Å². The highest BCUT2D eigenvalue weighted by atomic mass is 16.6. The van der Waals surface area contributed by atoms with E-state index in [1.165, 1.54) is 13.8 Å². The van der Waals surface area contributed by atoms with Gasteiger partial charge in [0.25, 0.3) is 11.8 Å². The van der Waals surface area contributed by atoms with E-state index in [0.29, 0.717) is 25.9 Å². The van der Waals surface area contributed by atoms with Crippen LogP contribution in [0, 0.1) is 0 Å². The number of hydrogen-bond donors (Lipinski definition) is 2. The zero-order valence-corrected chi connectivity index (χ0v) is 19.4. The third-order valence-corrected chi connectivity index (χ3v) is 4.79. The molecule has 8 heteroatoms. The van der Waals surface area contributed by atoms with Gasteiger partial charge in [-0.25, -0.2) is 9.59 Å². The number of amides is 2. The van der Waals surface area contributed by atoms with Crippen LogP contribution in [0.3, 0.4) is 0 Å². The van der Waals surface area contributed by atoms with Crippen molar-refractivity contribution in [3.63, 3.8) is 0 Å². The van der Waals surface area contributed by atoms with E-state index in [-0.39, 0.29) is 0 Å². The molecule has 0 saturated heterocycles. The van der Waals surface area contributed by atoms with Gasteiger partial charge in [-0.3, -0.25) is 9.59 Å². The first-order valence-electron chi connectivity index (χ1n) is 11.1. The van der Waals surface area contributed by atoms with Crippen LogP contribution in [0.25, 0.3) is 0 Å². The number of carbonyl (C=O) groups is 4. The van der Waals surface area contributed by atoms with E-state index < -0.39 is 36.0 Å². The number of nitrogens with one attached hydrogen (secondary N) is 2. The van der Waals surface area contributed by atoms with Gasteiger partial charge in [0.2, 0.25) is 0 Å². The molecule has 2 amide bonds. The number of carbonyl (C=O) groups excluding carboxylic acids is 4. The molecule has 0 heterocycles. The van der Waals surface area contributed by atoms with Crippen LogP contribution in [0.2, 0.25) is 0 Å². The topological polar surface area (TPSA) is 111 Å². The Labute approximate surface area is 199 Å². The summed E-state index contributed by atoms with van der Waals surface area (Å²) in [6.45, 7) is 3.67. The zero-order valence-electron chi connectivity index (χ0n) is 19.4. The van der Waals surface area contributed by atoms with Crippen molar-refractivity contribution in [3.05, 3.63) is 83.9 Å². The first kappa shape index (κ1) is 26.3. The lowest BCUT2D eigenvalue weighted by molar-refractivity contribution is -0.151. The molecule has 2 aromatic carbocycles. The average Bonchev–Trinajstić information content (AvgIpc) is 2.84. The number of esters is 2. The van der Waals surface area contributed by atoms with Gasteiger partial charge in [0.15, 0.2) is 12.2 Å². The Kier molecular flexibility index (Phi) is 11.0. The van der Waals surface area contributed by atoms with Crippen LogP contribution >= 0.6 is 0 Å². The summed E-state index contributed by atoms with van der Waals surface area (Å²) in [6, 6.07) is 19.3. The molecule has 0 aliphatic rings. The van der Waals surface area contributed by atoms with Crippen molar-refractivity contribution in [2.24, 2.45) is 0 Å². The Morgan fingerprint density at radius 1 is 0.676 bits per heavy atom. The fourth-order valence-electron chi connectivity index (χ4n) is 2.91. The van der Waals surface area contributed by atoms with Crippen LogP contribution in [0.15, 0.2) is 72.8 Å². The molecule has 0 spiro atoms. The normalized spacial score (nSPS) is 12.4. The highest BCUT2D eigenvalue weighted by Crippen LogP contribution is 2.01. The molecule has 8 nitrogen and oxygen atoms in total. The quantitative estimate of drug-likeness (QED) is 0.366. The minimum absolute atomic E-state index is 0.401. The van der Waals surface area contributed by atoms with Crippen molar-refractivity contribution in [2.45, 2.75) is 38.9 Å². The molecule has 0 saturated carbocycles. The first-order chi connectivity index (χ1) is 16.3. The van der Waals surface area contributed by atoms with E-state index in [1.807, 2.05) is 60.7 Å². The molecule has 0 bridgehead atoms. The van der Waals surface area contributed by atoms with Crippen molar-refractivity contribution in [3.8, 4) is 0 Å². The van der Waals surface area contributed by atoms with E-state index in [0.717, 1.165) is 23.3 Å². The number of ether oxygens (including phenoxy) is 2. The lowest BCUT2D eigenvalue weighted by Gasteiger charge is -2.13. The molecule has 34 heavy (non-hydrogen) atoms. The Balaban J connectivity index is 1.64. The van der Waals surface area contributed by atoms with E-state index >= 15 is 0 Å². The summed E-state index contributed by atoms with van der Waals surface area (Å²) in [4.78, 5) is 47.9. The van der Waals surface area contributed by atoms with Crippen molar-refractivity contribution in [2.75, 3.05) is 13.1 Å². The van der Waals surface area contributed by atoms with Gasteiger partial charge in [0.05, 0.1) is 0 Å². The van der Waals surface area contributed by atoms with Crippen LogP contribution in [0.5, 0.6) is 0 Å². The summed E-state index contributed by atoms with van der Waals surface area (Å²) < 4.78 is 9.98. The largest absolute Gasteiger partial charge is 0.449 e. The first-order valence-corrected chi connectivity index (χ1v) is 11.1. The van der Waals surface area contributed by atoms with Crippen LogP contribution in [-0.4, -0.2) is 49.1 Å². The molecule has 2 N–H and O–H groups in total. The van der Waals surface area contributed by atoms with Crippen LogP contribution in [0.1, 0.15) is 25.0 Å². The molecule has 0 aliphatic carbocycles. The molecule has 0 unspecified atom stereocenters. The third-order valence-electron chi connectivity index (χ3n) is 4.79. The van der Waals surface area contributed by atoms with Crippen molar-refractivity contribution in [1.29, 1.82) is 0 Å². The molecule has 0 aliphatic heterocycles. The Morgan fingerprint density at radius 3 is 1.38 bits per heavy atom. The van der Waals surface area contributed by atoms with Gasteiger partial charge in [-0.2, -0.15) is 0 Å². The molecule has 180 valence electrons. The SMILES string of the molecule is C[C@H](OC(=O)/C=C\C(=O)O[C@H](C)C(=O)NCCc1ccccc1)C(=O)NCCc1ccccc1. The highest BCUT2D eigenvalue weighted by Gasteiger charge is 2.18. The number of rotatable bonds is 12. The molecular formula is C26H30N2O6. The third kappa shape index (κ3) is 10.1.